The summed E-state index contributed by atoms with van der Waals surface area (Å²) in [6.07, 6.45) is 1.09. The van der Waals surface area contributed by atoms with Crippen LogP contribution in [0.1, 0.15) is 6.42 Å². The normalized spacial score (nSPS) is 16.4. The van der Waals surface area contributed by atoms with Crippen molar-refractivity contribution < 1.29 is 9.47 Å². The zero-order valence-electron chi connectivity index (χ0n) is 7.91. The van der Waals surface area contributed by atoms with E-state index in [9.17, 15) is 0 Å². The van der Waals surface area contributed by atoms with Gasteiger partial charge in [-0.15, -0.1) is 0 Å². The molecule has 0 radical (unpaired) electrons. The lowest BCUT2D eigenvalue weighted by Crippen LogP contribution is -2.28. The monoisotopic (exact) mass is 256 g/mol. The molecule has 0 aliphatic carbocycles. The van der Waals surface area contributed by atoms with Gasteiger partial charge in [0.25, 0.3) is 0 Å². The number of hydrogen-bond acceptors (Lipinski definition) is 2. The fourth-order valence-electron chi connectivity index (χ4n) is 1.33. The fraction of sp³-hybridized carbons (Fsp3) is 0.455. The van der Waals surface area contributed by atoms with Crippen molar-refractivity contribution in [3.8, 4) is 5.75 Å². The van der Waals surface area contributed by atoms with E-state index >= 15 is 0 Å². The lowest BCUT2D eigenvalue weighted by molar-refractivity contribution is -0.0401. The minimum Gasteiger partial charge on any atom is -0.494 e. The highest BCUT2D eigenvalue weighted by Gasteiger charge is 2.17. The summed E-state index contributed by atoms with van der Waals surface area (Å²) in [4.78, 5) is 0. The van der Waals surface area contributed by atoms with Crippen molar-refractivity contribution in [2.75, 3.05) is 19.8 Å². The van der Waals surface area contributed by atoms with E-state index < -0.39 is 0 Å². The molecule has 0 unspecified atom stereocenters. The van der Waals surface area contributed by atoms with Crippen molar-refractivity contribution >= 4 is 15.9 Å². The lowest BCUT2D eigenvalue weighted by Gasteiger charge is -2.25. The summed E-state index contributed by atoms with van der Waals surface area (Å²) in [5.41, 5.74) is 0. The summed E-state index contributed by atoms with van der Waals surface area (Å²) in [7, 11) is 0. The largest absolute Gasteiger partial charge is 0.494 e. The van der Waals surface area contributed by atoms with Gasteiger partial charge in [0.2, 0.25) is 0 Å². The molecule has 0 aromatic heterocycles. The quantitative estimate of drug-likeness (QED) is 0.825. The molecular formula is C11H13BrO2. The zero-order valence-corrected chi connectivity index (χ0v) is 9.50. The van der Waals surface area contributed by atoms with Crippen LogP contribution in [0.25, 0.3) is 0 Å². The zero-order chi connectivity index (χ0) is 9.80. The Labute approximate surface area is 92.3 Å². The SMILES string of the molecule is Brc1ccc(OCCC2COC2)cc1. The molecule has 0 spiro atoms. The average molecular weight is 257 g/mol. The molecule has 14 heavy (non-hydrogen) atoms. The van der Waals surface area contributed by atoms with Gasteiger partial charge in [-0.2, -0.15) is 0 Å². The van der Waals surface area contributed by atoms with E-state index in [1.807, 2.05) is 24.3 Å². The van der Waals surface area contributed by atoms with Gasteiger partial charge >= 0.3 is 0 Å². The molecule has 1 fully saturated rings. The van der Waals surface area contributed by atoms with Crippen LogP contribution in [0.5, 0.6) is 5.75 Å². The van der Waals surface area contributed by atoms with Gasteiger partial charge in [0.1, 0.15) is 5.75 Å². The molecule has 0 atom stereocenters. The van der Waals surface area contributed by atoms with Crippen molar-refractivity contribution in [3.05, 3.63) is 28.7 Å². The minimum absolute atomic E-state index is 0.713. The van der Waals surface area contributed by atoms with Crippen LogP contribution in [0, 0.1) is 5.92 Å². The Morgan fingerprint density at radius 2 is 2.00 bits per heavy atom. The maximum absolute atomic E-state index is 5.59. The molecule has 1 aliphatic rings. The number of benzene rings is 1. The van der Waals surface area contributed by atoms with E-state index in [0.717, 1.165) is 36.5 Å². The van der Waals surface area contributed by atoms with Gasteiger partial charge in [-0.05, 0) is 30.7 Å². The maximum Gasteiger partial charge on any atom is 0.119 e. The van der Waals surface area contributed by atoms with E-state index in [1.165, 1.54) is 0 Å². The third kappa shape index (κ3) is 2.72. The summed E-state index contributed by atoms with van der Waals surface area (Å²) in [5.74, 6) is 1.65. The smallest absolute Gasteiger partial charge is 0.119 e. The Morgan fingerprint density at radius 1 is 1.29 bits per heavy atom. The first-order valence-corrected chi connectivity index (χ1v) is 5.60. The highest BCUT2D eigenvalue weighted by molar-refractivity contribution is 9.10. The molecular weight excluding hydrogens is 244 g/mol. The van der Waals surface area contributed by atoms with E-state index in [4.69, 9.17) is 9.47 Å². The molecule has 0 N–H and O–H groups in total. The predicted octanol–water partition coefficient (Wildman–Crippen LogP) is 2.86. The van der Waals surface area contributed by atoms with Gasteiger partial charge < -0.3 is 9.47 Å². The van der Waals surface area contributed by atoms with Gasteiger partial charge in [-0.3, -0.25) is 0 Å². The molecule has 1 saturated heterocycles. The standard InChI is InChI=1S/C11H13BrO2/c12-10-1-3-11(4-2-10)14-6-5-9-7-13-8-9/h1-4,9H,5-8H2. The van der Waals surface area contributed by atoms with Crippen molar-refractivity contribution in [1.29, 1.82) is 0 Å². The number of rotatable bonds is 4. The van der Waals surface area contributed by atoms with Crippen molar-refractivity contribution in [2.24, 2.45) is 5.92 Å². The van der Waals surface area contributed by atoms with Gasteiger partial charge in [0.15, 0.2) is 0 Å². The van der Waals surface area contributed by atoms with E-state index in [0.29, 0.717) is 5.92 Å². The Morgan fingerprint density at radius 3 is 2.57 bits per heavy atom. The second-order valence-electron chi connectivity index (χ2n) is 3.49. The highest BCUT2D eigenvalue weighted by atomic mass is 79.9. The summed E-state index contributed by atoms with van der Waals surface area (Å²) in [5, 5.41) is 0. The minimum atomic E-state index is 0.713. The molecule has 1 aromatic carbocycles. The van der Waals surface area contributed by atoms with Crippen LogP contribution >= 0.6 is 15.9 Å². The molecule has 1 aliphatic heterocycles. The number of halogens is 1. The van der Waals surface area contributed by atoms with Crippen molar-refractivity contribution in [2.45, 2.75) is 6.42 Å². The van der Waals surface area contributed by atoms with Gasteiger partial charge in [-0.1, -0.05) is 15.9 Å². The second kappa shape index (κ2) is 4.80. The van der Waals surface area contributed by atoms with Crippen LogP contribution in [0.3, 0.4) is 0 Å². The summed E-state index contributed by atoms with van der Waals surface area (Å²) >= 11 is 3.39. The molecule has 0 amide bonds. The molecule has 0 bridgehead atoms. The third-order valence-electron chi connectivity index (χ3n) is 2.32. The van der Waals surface area contributed by atoms with Crippen LogP contribution in [0.15, 0.2) is 28.7 Å². The van der Waals surface area contributed by atoms with Crippen LogP contribution in [-0.4, -0.2) is 19.8 Å². The number of ether oxygens (including phenoxy) is 2. The Hall–Kier alpha value is -0.540. The third-order valence-corrected chi connectivity index (χ3v) is 2.84. The highest BCUT2D eigenvalue weighted by Crippen LogP contribution is 2.18. The molecule has 2 rings (SSSR count). The maximum atomic E-state index is 5.59. The lowest BCUT2D eigenvalue weighted by atomic mass is 10.1. The fourth-order valence-corrected chi connectivity index (χ4v) is 1.59. The predicted molar refractivity (Wildman–Crippen MR) is 58.6 cm³/mol. The first kappa shape index (κ1) is 9.99. The molecule has 0 saturated carbocycles. The Bertz CT molecular complexity index is 280. The van der Waals surface area contributed by atoms with Gasteiger partial charge in [0.05, 0.1) is 19.8 Å². The summed E-state index contributed by atoms with van der Waals surface area (Å²) < 4.78 is 11.8. The summed E-state index contributed by atoms with van der Waals surface area (Å²) in [6.45, 7) is 2.60. The molecule has 76 valence electrons. The summed E-state index contributed by atoms with van der Waals surface area (Å²) in [6, 6.07) is 7.92. The van der Waals surface area contributed by atoms with Crippen LogP contribution in [0.2, 0.25) is 0 Å². The Balaban J connectivity index is 1.71. The van der Waals surface area contributed by atoms with E-state index in [1.54, 1.807) is 0 Å². The number of hydrogen-bond donors (Lipinski definition) is 0. The first-order chi connectivity index (χ1) is 6.84. The van der Waals surface area contributed by atoms with Crippen LogP contribution in [0.4, 0.5) is 0 Å². The Kier molecular flexibility index (Phi) is 3.43. The second-order valence-corrected chi connectivity index (χ2v) is 4.41. The van der Waals surface area contributed by atoms with E-state index in [2.05, 4.69) is 15.9 Å². The first-order valence-electron chi connectivity index (χ1n) is 4.81. The molecule has 2 nitrogen and oxygen atoms in total. The van der Waals surface area contributed by atoms with Crippen molar-refractivity contribution in [1.82, 2.24) is 0 Å². The molecule has 1 aromatic rings. The van der Waals surface area contributed by atoms with Crippen molar-refractivity contribution in [3.63, 3.8) is 0 Å². The average Bonchev–Trinajstić information content (AvgIpc) is 2.12. The van der Waals surface area contributed by atoms with E-state index in [-0.39, 0.29) is 0 Å². The topological polar surface area (TPSA) is 18.5 Å². The van der Waals surface area contributed by atoms with Crippen LogP contribution in [-0.2, 0) is 4.74 Å². The van der Waals surface area contributed by atoms with Gasteiger partial charge in [0, 0.05) is 10.4 Å². The van der Waals surface area contributed by atoms with Crippen LogP contribution < -0.4 is 4.74 Å². The molecule has 1 heterocycles. The van der Waals surface area contributed by atoms with Gasteiger partial charge in [-0.25, -0.2) is 0 Å². The molecule has 3 heteroatoms.